The zero-order valence-corrected chi connectivity index (χ0v) is 14.3. The lowest BCUT2D eigenvalue weighted by molar-refractivity contribution is 0.184. The Morgan fingerprint density at radius 2 is 2.05 bits per heavy atom. The van der Waals surface area contributed by atoms with E-state index in [4.69, 9.17) is 0 Å². The molecular formula is C17H27BrN2. The van der Waals surface area contributed by atoms with Gasteiger partial charge in [-0.1, -0.05) is 47.3 Å². The molecule has 20 heavy (non-hydrogen) atoms. The smallest absolute Gasteiger partial charge is 0.0330 e. The average Bonchev–Trinajstić information content (AvgIpc) is 2.48. The van der Waals surface area contributed by atoms with Gasteiger partial charge in [0.2, 0.25) is 0 Å². The molecule has 1 unspecified atom stereocenters. The van der Waals surface area contributed by atoms with Crippen molar-refractivity contribution in [1.29, 1.82) is 0 Å². The molecule has 3 heteroatoms. The Balaban J connectivity index is 1.87. The third-order valence-electron chi connectivity index (χ3n) is 4.57. The molecule has 1 aliphatic carbocycles. The van der Waals surface area contributed by atoms with Crippen LogP contribution in [0.5, 0.6) is 0 Å². The van der Waals surface area contributed by atoms with Gasteiger partial charge in [-0.25, -0.2) is 0 Å². The van der Waals surface area contributed by atoms with Crippen molar-refractivity contribution >= 4 is 15.9 Å². The van der Waals surface area contributed by atoms with Crippen LogP contribution in [0, 0.1) is 0 Å². The number of nitrogens with one attached hydrogen (secondary N) is 1. The SMILES string of the molecule is CNC(CCN(C)C1CCCCC1)c1cccc(Br)c1. The van der Waals surface area contributed by atoms with Crippen molar-refractivity contribution in [2.24, 2.45) is 0 Å². The Bertz CT molecular complexity index is 402. The van der Waals surface area contributed by atoms with Gasteiger partial charge in [0.1, 0.15) is 0 Å². The summed E-state index contributed by atoms with van der Waals surface area (Å²) in [7, 11) is 4.36. The van der Waals surface area contributed by atoms with Crippen LogP contribution >= 0.6 is 15.9 Å². The van der Waals surface area contributed by atoms with Crippen LogP contribution in [0.2, 0.25) is 0 Å². The molecule has 1 saturated carbocycles. The van der Waals surface area contributed by atoms with Gasteiger partial charge in [-0.15, -0.1) is 0 Å². The maximum absolute atomic E-state index is 3.56. The molecule has 1 N–H and O–H groups in total. The Hall–Kier alpha value is -0.380. The van der Waals surface area contributed by atoms with Crippen molar-refractivity contribution in [3.8, 4) is 0 Å². The van der Waals surface area contributed by atoms with Crippen molar-refractivity contribution in [3.63, 3.8) is 0 Å². The minimum Gasteiger partial charge on any atom is -0.313 e. The third-order valence-corrected chi connectivity index (χ3v) is 5.06. The van der Waals surface area contributed by atoms with Crippen molar-refractivity contribution in [1.82, 2.24) is 10.2 Å². The highest BCUT2D eigenvalue weighted by Gasteiger charge is 2.19. The van der Waals surface area contributed by atoms with Crippen LogP contribution in [0.3, 0.4) is 0 Å². The van der Waals surface area contributed by atoms with Crippen LogP contribution in [-0.4, -0.2) is 31.6 Å². The van der Waals surface area contributed by atoms with Crippen molar-refractivity contribution < 1.29 is 0 Å². The van der Waals surface area contributed by atoms with E-state index in [1.54, 1.807) is 0 Å². The molecule has 0 heterocycles. The highest BCUT2D eigenvalue weighted by Crippen LogP contribution is 2.24. The number of rotatable bonds is 6. The number of hydrogen-bond acceptors (Lipinski definition) is 2. The number of benzene rings is 1. The normalized spacial score (nSPS) is 18.4. The Labute approximate surface area is 132 Å². The summed E-state index contributed by atoms with van der Waals surface area (Å²) in [6, 6.07) is 9.90. The molecule has 1 aliphatic rings. The summed E-state index contributed by atoms with van der Waals surface area (Å²) < 4.78 is 1.16. The van der Waals surface area contributed by atoms with E-state index in [0.29, 0.717) is 6.04 Å². The van der Waals surface area contributed by atoms with Crippen LogP contribution < -0.4 is 5.32 Å². The Morgan fingerprint density at radius 1 is 1.30 bits per heavy atom. The molecular weight excluding hydrogens is 312 g/mol. The first kappa shape index (κ1) is 16.0. The number of nitrogens with zero attached hydrogens (tertiary/aromatic N) is 1. The molecule has 0 spiro atoms. The van der Waals surface area contributed by atoms with Gasteiger partial charge in [0.05, 0.1) is 0 Å². The van der Waals surface area contributed by atoms with Gasteiger partial charge in [-0.3, -0.25) is 0 Å². The van der Waals surface area contributed by atoms with Gasteiger partial charge in [0, 0.05) is 16.6 Å². The van der Waals surface area contributed by atoms with E-state index in [2.05, 4.69) is 64.5 Å². The van der Waals surface area contributed by atoms with Gasteiger partial charge in [-0.2, -0.15) is 0 Å². The van der Waals surface area contributed by atoms with Gasteiger partial charge in [0.15, 0.2) is 0 Å². The summed E-state index contributed by atoms with van der Waals surface area (Å²) in [4.78, 5) is 2.57. The van der Waals surface area contributed by atoms with Gasteiger partial charge >= 0.3 is 0 Å². The Kier molecular flexibility index (Phi) is 6.53. The monoisotopic (exact) mass is 338 g/mol. The molecule has 0 aromatic heterocycles. The van der Waals surface area contributed by atoms with E-state index in [1.807, 2.05) is 0 Å². The van der Waals surface area contributed by atoms with Gasteiger partial charge in [0.25, 0.3) is 0 Å². The van der Waals surface area contributed by atoms with Crippen molar-refractivity contribution in [3.05, 3.63) is 34.3 Å². The lowest BCUT2D eigenvalue weighted by Gasteiger charge is -2.32. The fourth-order valence-corrected chi connectivity index (χ4v) is 3.66. The summed E-state index contributed by atoms with van der Waals surface area (Å²) in [5, 5.41) is 3.46. The molecule has 1 aromatic rings. The van der Waals surface area contributed by atoms with Crippen LogP contribution in [0.4, 0.5) is 0 Å². The van der Waals surface area contributed by atoms with Crippen LogP contribution in [0.25, 0.3) is 0 Å². The summed E-state index contributed by atoms with van der Waals surface area (Å²) in [5.74, 6) is 0. The molecule has 0 radical (unpaired) electrons. The lowest BCUT2D eigenvalue weighted by Crippen LogP contribution is -2.35. The second-order valence-electron chi connectivity index (χ2n) is 5.96. The van der Waals surface area contributed by atoms with Gasteiger partial charge < -0.3 is 10.2 Å². The zero-order chi connectivity index (χ0) is 14.4. The summed E-state index contributed by atoms with van der Waals surface area (Å²) in [6.07, 6.45) is 8.20. The zero-order valence-electron chi connectivity index (χ0n) is 12.7. The largest absolute Gasteiger partial charge is 0.313 e. The summed E-state index contributed by atoms with van der Waals surface area (Å²) in [5.41, 5.74) is 1.37. The molecule has 1 atom stereocenters. The topological polar surface area (TPSA) is 15.3 Å². The third kappa shape index (κ3) is 4.57. The highest BCUT2D eigenvalue weighted by atomic mass is 79.9. The molecule has 112 valence electrons. The average molecular weight is 339 g/mol. The van der Waals surface area contributed by atoms with E-state index in [0.717, 1.165) is 10.5 Å². The minimum absolute atomic E-state index is 0.443. The molecule has 0 amide bonds. The predicted octanol–water partition coefficient (Wildman–Crippen LogP) is 4.36. The van der Waals surface area contributed by atoms with Crippen LogP contribution in [-0.2, 0) is 0 Å². The minimum atomic E-state index is 0.443. The molecule has 2 rings (SSSR count). The first-order valence-corrected chi connectivity index (χ1v) is 8.63. The molecule has 0 saturated heterocycles. The summed E-state index contributed by atoms with van der Waals surface area (Å²) >= 11 is 3.56. The first-order valence-electron chi connectivity index (χ1n) is 7.83. The highest BCUT2D eigenvalue weighted by molar-refractivity contribution is 9.10. The molecule has 1 fully saturated rings. The maximum Gasteiger partial charge on any atom is 0.0330 e. The number of hydrogen-bond donors (Lipinski definition) is 1. The van der Waals surface area contributed by atoms with E-state index in [9.17, 15) is 0 Å². The van der Waals surface area contributed by atoms with E-state index in [-0.39, 0.29) is 0 Å². The van der Waals surface area contributed by atoms with E-state index in [1.165, 1.54) is 50.6 Å². The fraction of sp³-hybridized carbons (Fsp3) is 0.647. The van der Waals surface area contributed by atoms with Crippen molar-refractivity contribution in [2.75, 3.05) is 20.6 Å². The molecule has 0 bridgehead atoms. The van der Waals surface area contributed by atoms with Crippen LogP contribution in [0.15, 0.2) is 28.7 Å². The second kappa shape index (κ2) is 8.16. The maximum atomic E-state index is 3.56. The van der Waals surface area contributed by atoms with E-state index >= 15 is 0 Å². The number of halogens is 1. The van der Waals surface area contributed by atoms with Crippen LogP contribution in [0.1, 0.15) is 50.1 Å². The van der Waals surface area contributed by atoms with Crippen molar-refractivity contribution in [2.45, 2.75) is 50.6 Å². The summed E-state index contributed by atoms with van der Waals surface area (Å²) in [6.45, 7) is 1.17. The predicted molar refractivity (Wildman–Crippen MR) is 90.1 cm³/mol. The fourth-order valence-electron chi connectivity index (χ4n) is 3.24. The quantitative estimate of drug-likeness (QED) is 0.828. The van der Waals surface area contributed by atoms with E-state index < -0.39 is 0 Å². The molecule has 0 aliphatic heterocycles. The molecule has 2 nitrogen and oxygen atoms in total. The standard InChI is InChI=1S/C17H27BrN2/c1-19-17(14-7-6-8-15(18)13-14)11-12-20(2)16-9-4-3-5-10-16/h6-8,13,16-17,19H,3-5,9-12H2,1-2H3. The molecule has 1 aromatic carbocycles. The van der Waals surface area contributed by atoms with Gasteiger partial charge in [-0.05, 0) is 57.6 Å². The second-order valence-corrected chi connectivity index (χ2v) is 6.87. The first-order chi connectivity index (χ1) is 9.70. The Morgan fingerprint density at radius 3 is 2.70 bits per heavy atom. The lowest BCUT2D eigenvalue weighted by atomic mass is 9.94.